The standard InChI is InChI=1S/C37H43N7O6/c1-25-34(46)41-30(36(48)43-20-18-42(19-21-43)28-13-15-38-16-14-28)23-27-9-11-29(12-10-27)50-24-33(45)40-31(22-26-6-3-2-4-7-26)37(49)44-17-5-8-32(44)35(47)39-25/h2-4,6-7,9-16,25,30-32H,5,8,17-24H2,1H3,(H,39,47)(H,40,45)(H,41,46)/t25-,30-,31+,32+/m0/s1. The van der Waals surface area contributed by atoms with E-state index in [0.29, 0.717) is 51.3 Å². The number of benzene rings is 2. The lowest BCUT2D eigenvalue weighted by Crippen LogP contribution is -2.59. The number of rotatable bonds is 4. The van der Waals surface area contributed by atoms with Crippen molar-refractivity contribution in [2.75, 3.05) is 44.2 Å². The number of hydrogen-bond donors (Lipinski definition) is 3. The molecule has 0 spiro atoms. The van der Waals surface area contributed by atoms with Gasteiger partial charge in [-0.1, -0.05) is 42.5 Å². The average Bonchev–Trinajstić information content (AvgIpc) is 3.64. The summed E-state index contributed by atoms with van der Waals surface area (Å²) in [5.74, 6) is -1.60. The summed E-state index contributed by atoms with van der Waals surface area (Å²) in [6, 6.07) is 16.6. The lowest BCUT2D eigenvalue weighted by molar-refractivity contribution is -0.142. The number of nitrogens with zero attached hydrogens (tertiary/aromatic N) is 4. The van der Waals surface area contributed by atoms with Gasteiger partial charge in [0.15, 0.2) is 6.61 Å². The Labute approximate surface area is 291 Å². The molecule has 0 saturated carbocycles. The molecule has 2 fully saturated rings. The first-order chi connectivity index (χ1) is 24.2. The predicted octanol–water partition coefficient (Wildman–Crippen LogP) is 1.07. The van der Waals surface area contributed by atoms with Crippen molar-refractivity contribution in [3.05, 3.63) is 90.3 Å². The highest BCUT2D eigenvalue weighted by molar-refractivity contribution is 5.96. The number of carbonyl (C=O) groups excluding carboxylic acids is 5. The molecule has 5 heterocycles. The predicted molar refractivity (Wildman–Crippen MR) is 185 cm³/mol. The Morgan fingerprint density at radius 1 is 0.840 bits per heavy atom. The van der Waals surface area contributed by atoms with Crippen LogP contribution in [0.3, 0.4) is 0 Å². The Hall–Kier alpha value is -5.46. The van der Waals surface area contributed by atoms with Crippen LogP contribution in [0.15, 0.2) is 79.1 Å². The summed E-state index contributed by atoms with van der Waals surface area (Å²) < 4.78 is 5.77. The zero-order chi connectivity index (χ0) is 35.0. The molecule has 7 rings (SSSR count). The highest BCUT2D eigenvalue weighted by atomic mass is 16.5. The number of anilines is 1. The van der Waals surface area contributed by atoms with Crippen LogP contribution in [0, 0.1) is 0 Å². The lowest BCUT2D eigenvalue weighted by atomic mass is 10.0. The smallest absolute Gasteiger partial charge is 0.258 e. The van der Waals surface area contributed by atoms with Gasteiger partial charge in [0, 0.05) is 63.6 Å². The van der Waals surface area contributed by atoms with Crippen molar-refractivity contribution in [2.45, 2.75) is 56.8 Å². The van der Waals surface area contributed by atoms with Crippen molar-refractivity contribution in [3.63, 3.8) is 0 Å². The van der Waals surface area contributed by atoms with Crippen molar-refractivity contribution < 1.29 is 28.7 Å². The van der Waals surface area contributed by atoms with Crippen molar-refractivity contribution in [1.29, 1.82) is 0 Å². The Morgan fingerprint density at radius 3 is 2.28 bits per heavy atom. The fraction of sp³-hybridized carbons (Fsp3) is 0.405. The van der Waals surface area contributed by atoms with Crippen molar-refractivity contribution in [1.82, 2.24) is 30.7 Å². The molecule has 4 aliphatic heterocycles. The molecule has 1 aromatic heterocycles. The van der Waals surface area contributed by atoms with Gasteiger partial charge in [-0.15, -0.1) is 0 Å². The molecule has 13 heteroatoms. The van der Waals surface area contributed by atoms with Gasteiger partial charge in [-0.05, 0) is 55.2 Å². The maximum Gasteiger partial charge on any atom is 0.258 e. The van der Waals surface area contributed by atoms with E-state index in [4.69, 9.17) is 4.74 Å². The molecule has 3 N–H and O–H groups in total. The highest BCUT2D eigenvalue weighted by Crippen LogP contribution is 2.21. The van der Waals surface area contributed by atoms with Crippen LogP contribution in [0.5, 0.6) is 5.75 Å². The normalized spacial score (nSPS) is 23.8. The molecular weight excluding hydrogens is 638 g/mol. The van der Waals surface area contributed by atoms with Crippen LogP contribution in [0.25, 0.3) is 0 Å². The first kappa shape index (κ1) is 34.4. The third-order valence-corrected chi connectivity index (χ3v) is 9.47. The van der Waals surface area contributed by atoms with Crippen LogP contribution in [-0.2, 0) is 36.8 Å². The van der Waals surface area contributed by atoms with Crippen LogP contribution in [0.4, 0.5) is 5.69 Å². The van der Waals surface area contributed by atoms with Crippen LogP contribution in [0.2, 0.25) is 0 Å². The summed E-state index contributed by atoms with van der Waals surface area (Å²) in [5.41, 5.74) is 2.66. The molecule has 5 amide bonds. The van der Waals surface area contributed by atoms with Crippen LogP contribution in [0.1, 0.15) is 30.9 Å². The fourth-order valence-electron chi connectivity index (χ4n) is 6.73. The zero-order valence-corrected chi connectivity index (χ0v) is 28.1. The molecule has 50 heavy (non-hydrogen) atoms. The molecular formula is C37H43N7O6. The number of fused-ring (bicyclic) bond motifs is 13. The summed E-state index contributed by atoms with van der Waals surface area (Å²) in [6.45, 7) is 3.80. The maximum absolute atomic E-state index is 13.9. The quantitative estimate of drug-likeness (QED) is 0.370. The number of hydrogen-bond acceptors (Lipinski definition) is 8. The number of piperazine rings is 1. The third-order valence-electron chi connectivity index (χ3n) is 9.47. The van der Waals surface area contributed by atoms with Gasteiger partial charge >= 0.3 is 0 Å². The van der Waals surface area contributed by atoms with Crippen molar-refractivity contribution in [3.8, 4) is 5.75 Å². The fourth-order valence-corrected chi connectivity index (χ4v) is 6.73. The van der Waals surface area contributed by atoms with E-state index in [1.54, 1.807) is 48.5 Å². The minimum Gasteiger partial charge on any atom is -0.484 e. The number of pyridine rings is 1. The minimum absolute atomic E-state index is 0.211. The van der Waals surface area contributed by atoms with E-state index in [9.17, 15) is 24.0 Å². The Bertz CT molecular complexity index is 1660. The van der Waals surface area contributed by atoms with Gasteiger partial charge in [-0.25, -0.2) is 0 Å². The van der Waals surface area contributed by atoms with E-state index in [-0.39, 0.29) is 31.3 Å². The molecule has 0 aliphatic carbocycles. The molecule has 262 valence electrons. The van der Waals surface area contributed by atoms with Gasteiger partial charge in [0.25, 0.3) is 5.91 Å². The first-order valence-electron chi connectivity index (χ1n) is 17.1. The molecule has 2 aromatic carbocycles. The summed E-state index contributed by atoms with van der Waals surface area (Å²) in [6.07, 6.45) is 4.94. The molecule has 2 saturated heterocycles. The van der Waals surface area contributed by atoms with Gasteiger partial charge in [0.1, 0.15) is 29.9 Å². The summed E-state index contributed by atoms with van der Waals surface area (Å²) >= 11 is 0. The first-order valence-corrected chi connectivity index (χ1v) is 17.1. The Kier molecular flexibility index (Phi) is 10.9. The summed E-state index contributed by atoms with van der Waals surface area (Å²) in [7, 11) is 0. The van der Waals surface area contributed by atoms with E-state index in [2.05, 4.69) is 25.8 Å². The minimum atomic E-state index is -0.975. The van der Waals surface area contributed by atoms with E-state index in [1.807, 2.05) is 42.5 Å². The second-order valence-electron chi connectivity index (χ2n) is 12.9. The van der Waals surface area contributed by atoms with E-state index in [1.165, 1.54) is 4.90 Å². The molecule has 4 aliphatic rings. The summed E-state index contributed by atoms with van der Waals surface area (Å²) in [4.78, 5) is 77.7. The van der Waals surface area contributed by atoms with E-state index in [0.717, 1.165) is 16.8 Å². The van der Waals surface area contributed by atoms with Gasteiger partial charge < -0.3 is 35.4 Å². The molecule has 0 radical (unpaired) electrons. The van der Waals surface area contributed by atoms with E-state index < -0.39 is 41.9 Å². The van der Waals surface area contributed by atoms with E-state index >= 15 is 0 Å². The second-order valence-corrected chi connectivity index (χ2v) is 12.9. The monoisotopic (exact) mass is 681 g/mol. The second kappa shape index (κ2) is 15.8. The number of ether oxygens (including phenoxy) is 1. The SMILES string of the molecule is C[C@@H]1NC(=O)[C@H]2CCCN2C(=O)[C@@H](Cc2ccccc2)NC(=O)COc2ccc(cc2)C[C@@H](C(=O)N2CCN(c3ccncc3)CC2)NC1=O. The summed E-state index contributed by atoms with van der Waals surface area (Å²) in [5, 5.41) is 8.51. The van der Waals surface area contributed by atoms with Crippen molar-refractivity contribution >= 4 is 35.2 Å². The molecule has 4 atom stereocenters. The van der Waals surface area contributed by atoms with Gasteiger partial charge in [0.05, 0.1) is 0 Å². The number of aromatic nitrogens is 1. The zero-order valence-electron chi connectivity index (χ0n) is 28.1. The average molecular weight is 682 g/mol. The highest BCUT2D eigenvalue weighted by Gasteiger charge is 2.39. The van der Waals surface area contributed by atoms with Crippen molar-refractivity contribution in [2.24, 2.45) is 0 Å². The number of nitrogens with one attached hydrogen (secondary N) is 3. The molecule has 3 aromatic rings. The lowest BCUT2D eigenvalue weighted by Gasteiger charge is -2.37. The Balaban J connectivity index is 1.21. The largest absolute Gasteiger partial charge is 0.484 e. The topological polar surface area (TPSA) is 153 Å². The van der Waals surface area contributed by atoms with Crippen LogP contribution in [-0.4, -0.2) is 108 Å². The van der Waals surface area contributed by atoms with Crippen LogP contribution >= 0.6 is 0 Å². The number of amides is 5. The number of carbonyl (C=O) groups is 5. The van der Waals surface area contributed by atoms with Gasteiger partial charge in [0.2, 0.25) is 23.6 Å². The van der Waals surface area contributed by atoms with Gasteiger partial charge in [-0.3, -0.25) is 29.0 Å². The molecule has 0 unspecified atom stereocenters. The van der Waals surface area contributed by atoms with Crippen LogP contribution < -0.4 is 25.6 Å². The van der Waals surface area contributed by atoms with Gasteiger partial charge in [-0.2, -0.15) is 0 Å². The molecule has 13 nitrogen and oxygen atoms in total. The molecule has 2 bridgehead atoms. The Morgan fingerprint density at radius 2 is 1.56 bits per heavy atom. The third kappa shape index (κ3) is 8.39. The maximum atomic E-state index is 13.9.